The maximum atomic E-state index is 12.6. The molecule has 2 aromatic rings. The molecule has 0 aliphatic rings. The second kappa shape index (κ2) is 17.8. The van der Waals surface area contributed by atoms with Crippen LogP contribution in [0, 0.1) is 0 Å². The van der Waals surface area contributed by atoms with E-state index in [0.717, 1.165) is 25.7 Å². The lowest BCUT2D eigenvalue weighted by Crippen LogP contribution is -2.35. The van der Waals surface area contributed by atoms with Crippen LogP contribution in [-0.4, -0.2) is 59.0 Å². The van der Waals surface area contributed by atoms with Crippen LogP contribution >= 0.6 is 0 Å². The van der Waals surface area contributed by atoms with Gasteiger partial charge in [-0.1, -0.05) is 51.5 Å². The number of nitrogens with zero attached hydrogens (tertiary/aromatic N) is 1. The summed E-state index contributed by atoms with van der Waals surface area (Å²) >= 11 is 0. The van der Waals surface area contributed by atoms with Crippen LogP contribution in [0.1, 0.15) is 80.0 Å². The fourth-order valence-corrected chi connectivity index (χ4v) is 3.45. The second-order valence-corrected chi connectivity index (χ2v) is 8.10. The van der Waals surface area contributed by atoms with E-state index in [0.29, 0.717) is 44.6 Å². The molecule has 0 saturated carbocycles. The number of phenolic OH excluding ortho intramolecular Hbond substituents is 2. The Morgan fingerprint density at radius 3 is 2.11 bits per heavy atom. The third-order valence-electron chi connectivity index (χ3n) is 5.42. The van der Waals surface area contributed by atoms with Crippen LogP contribution in [0.15, 0.2) is 48.5 Å². The molecule has 0 fully saturated rings. The van der Waals surface area contributed by atoms with E-state index in [4.69, 9.17) is 0 Å². The van der Waals surface area contributed by atoms with Crippen LogP contribution < -0.4 is 10.6 Å². The summed E-state index contributed by atoms with van der Waals surface area (Å²) in [6.07, 6.45) is 4.34. The lowest BCUT2D eigenvalue weighted by atomic mass is 10.1. The number of carbonyl (C=O) groups is 3. The van der Waals surface area contributed by atoms with Gasteiger partial charge in [-0.3, -0.25) is 14.4 Å². The zero-order chi connectivity index (χ0) is 26.8. The van der Waals surface area contributed by atoms with Crippen molar-refractivity contribution in [2.45, 2.75) is 59.3 Å². The van der Waals surface area contributed by atoms with Gasteiger partial charge in [0.25, 0.3) is 11.8 Å². The van der Waals surface area contributed by atoms with E-state index in [2.05, 4.69) is 10.6 Å². The molecule has 2 rings (SSSR count). The highest BCUT2D eigenvalue weighted by Crippen LogP contribution is 2.27. The van der Waals surface area contributed by atoms with Crippen molar-refractivity contribution >= 4 is 17.7 Å². The standard InChI is InChI=1S/C26H35N3O5.C2H6/c1-2-3-15-23(31)29(18-8-7-16-27-25(33)20-11-5-4-6-12-20)19-10-17-28-26(34)21-13-9-14-22(30)24(21)32;1-2/h4-6,9,11-14,30,32H,2-3,7-8,10,15-19H2,1H3,(H,27,33)(H,28,34);1-2H3. The minimum absolute atomic E-state index is 0.00780. The van der Waals surface area contributed by atoms with E-state index in [1.807, 2.05) is 43.9 Å². The maximum Gasteiger partial charge on any atom is 0.255 e. The van der Waals surface area contributed by atoms with Crippen LogP contribution in [0.25, 0.3) is 0 Å². The van der Waals surface area contributed by atoms with Crippen molar-refractivity contribution in [3.63, 3.8) is 0 Å². The minimum Gasteiger partial charge on any atom is -0.504 e. The van der Waals surface area contributed by atoms with Crippen molar-refractivity contribution < 1.29 is 24.6 Å². The summed E-state index contributed by atoms with van der Waals surface area (Å²) < 4.78 is 0. The highest BCUT2D eigenvalue weighted by Gasteiger charge is 2.15. The fraction of sp³-hybridized carbons (Fsp3) is 0.464. The van der Waals surface area contributed by atoms with Crippen molar-refractivity contribution in [3.05, 3.63) is 59.7 Å². The van der Waals surface area contributed by atoms with Crippen molar-refractivity contribution in [2.75, 3.05) is 26.2 Å². The number of aromatic hydroxyl groups is 2. The molecule has 0 bridgehead atoms. The molecule has 0 aliphatic heterocycles. The van der Waals surface area contributed by atoms with E-state index >= 15 is 0 Å². The van der Waals surface area contributed by atoms with Crippen LogP contribution in [0.3, 0.4) is 0 Å². The normalized spacial score (nSPS) is 10.1. The monoisotopic (exact) mass is 499 g/mol. The van der Waals surface area contributed by atoms with E-state index in [1.165, 1.54) is 18.2 Å². The number of amides is 3. The Hall–Kier alpha value is -3.55. The highest BCUT2D eigenvalue weighted by atomic mass is 16.3. The van der Waals surface area contributed by atoms with Gasteiger partial charge in [0.15, 0.2) is 11.5 Å². The molecule has 0 saturated heterocycles. The van der Waals surface area contributed by atoms with Gasteiger partial charge < -0.3 is 25.7 Å². The van der Waals surface area contributed by atoms with Crippen molar-refractivity contribution in [1.82, 2.24) is 15.5 Å². The van der Waals surface area contributed by atoms with Crippen LogP contribution in [0.4, 0.5) is 0 Å². The molecule has 0 heterocycles. The van der Waals surface area contributed by atoms with Gasteiger partial charge in [-0.2, -0.15) is 0 Å². The zero-order valence-electron chi connectivity index (χ0n) is 21.8. The topological polar surface area (TPSA) is 119 Å². The average Bonchev–Trinajstić information content (AvgIpc) is 2.91. The third kappa shape index (κ3) is 10.8. The number of hydrogen-bond acceptors (Lipinski definition) is 5. The molecule has 0 aromatic heterocycles. The molecule has 0 unspecified atom stereocenters. The number of rotatable bonds is 14. The van der Waals surface area contributed by atoms with Gasteiger partial charge in [-0.05, 0) is 49.9 Å². The number of carbonyl (C=O) groups excluding carboxylic acids is 3. The molecular weight excluding hydrogens is 458 g/mol. The van der Waals surface area contributed by atoms with Gasteiger partial charge in [-0.15, -0.1) is 0 Å². The Kier molecular flexibility index (Phi) is 15.1. The lowest BCUT2D eigenvalue weighted by Gasteiger charge is -2.23. The number of benzene rings is 2. The van der Waals surface area contributed by atoms with Gasteiger partial charge >= 0.3 is 0 Å². The number of phenols is 2. The Morgan fingerprint density at radius 1 is 0.778 bits per heavy atom. The quantitative estimate of drug-likeness (QED) is 0.226. The molecule has 0 radical (unpaired) electrons. The summed E-state index contributed by atoms with van der Waals surface area (Å²) in [6.45, 7) is 8.00. The SMILES string of the molecule is CC.CCCCC(=O)N(CCCCNC(=O)c1ccccc1)CCCNC(=O)c1cccc(O)c1O. The molecule has 3 amide bonds. The van der Waals surface area contributed by atoms with Crippen LogP contribution in [-0.2, 0) is 4.79 Å². The fourth-order valence-electron chi connectivity index (χ4n) is 3.45. The first-order valence-corrected chi connectivity index (χ1v) is 12.8. The average molecular weight is 500 g/mol. The highest BCUT2D eigenvalue weighted by molar-refractivity contribution is 5.97. The summed E-state index contributed by atoms with van der Waals surface area (Å²) in [6, 6.07) is 13.3. The Labute approximate surface area is 214 Å². The smallest absolute Gasteiger partial charge is 0.255 e. The number of para-hydroxylation sites is 1. The van der Waals surface area contributed by atoms with Crippen molar-refractivity contribution in [3.8, 4) is 11.5 Å². The molecule has 4 N–H and O–H groups in total. The Morgan fingerprint density at radius 2 is 1.42 bits per heavy atom. The summed E-state index contributed by atoms with van der Waals surface area (Å²) in [5.74, 6) is -1.29. The molecule has 8 heteroatoms. The molecule has 0 aliphatic carbocycles. The van der Waals surface area contributed by atoms with Crippen molar-refractivity contribution in [2.24, 2.45) is 0 Å². The minimum atomic E-state index is -0.480. The van der Waals surface area contributed by atoms with E-state index in [-0.39, 0.29) is 23.1 Å². The van der Waals surface area contributed by atoms with Gasteiger partial charge in [0, 0.05) is 38.2 Å². The first kappa shape index (κ1) is 30.5. The first-order chi connectivity index (χ1) is 17.4. The summed E-state index contributed by atoms with van der Waals surface area (Å²) in [4.78, 5) is 38.8. The van der Waals surface area contributed by atoms with Crippen LogP contribution in [0.2, 0.25) is 0 Å². The first-order valence-electron chi connectivity index (χ1n) is 12.8. The number of hydrogen-bond donors (Lipinski definition) is 4. The predicted octanol–water partition coefficient (Wildman–Crippen LogP) is 4.47. The van der Waals surface area contributed by atoms with E-state index in [9.17, 15) is 24.6 Å². The van der Waals surface area contributed by atoms with Crippen LogP contribution in [0.5, 0.6) is 11.5 Å². The number of nitrogens with one attached hydrogen (secondary N) is 2. The summed E-state index contributed by atoms with van der Waals surface area (Å²) in [7, 11) is 0. The predicted molar refractivity (Wildman–Crippen MR) is 142 cm³/mol. The third-order valence-corrected chi connectivity index (χ3v) is 5.42. The molecule has 2 aromatic carbocycles. The molecule has 36 heavy (non-hydrogen) atoms. The van der Waals surface area contributed by atoms with E-state index < -0.39 is 11.7 Å². The lowest BCUT2D eigenvalue weighted by molar-refractivity contribution is -0.131. The second-order valence-electron chi connectivity index (χ2n) is 8.10. The van der Waals surface area contributed by atoms with Gasteiger partial charge in [0.05, 0.1) is 5.56 Å². The molecule has 8 nitrogen and oxygen atoms in total. The molecule has 198 valence electrons. The molecule has 0 atom stereocenters. The van der Waals surface area contributed by atoms with E-state index in [1.54, 1.807) is 12.1 Å². The Balaban J connectivity index is 0.00000316. The largest absolute Gasteiger partial charge is 0.504 e. The van der Waals surface area contributed by atoms with Crippen molar-refractivity contribution in [1.29, 1.82) is 0 Å². The number of unbranched alkanes of at least 4 members (excludes halogenated alkanes) is 2. The summed E-state index contributed by atoms with van der Waals surface area (Å²) in [5, 5.41) is 25.0. The zero-order valence-corrected chi connectivity index (χ0v) is 21.8. The van der Waals surface area contributed by atoms with Gasteiger partial charge in [0.1, 0.15) is 0 Å². The molecule has 0 spiro atoms. The van der Waals surface area contributed by atoms with Gasteiger partial charge in [0.2, 0.25) is 5.91 Å². The molecular formula is C28H41N3O5. The van der Waals surface area contributed by atoms with Gasteiger partial charge in [-0.25, -0.2) is 0 Å². The summed E-state index contributed by atoms with van der Waals surface area (Å²) in [5.41, 5.74) is 0.633. The Bertz CT molecular complexity index is 934. The maximum absolute atomic E-state index is 12.6.